The lowest BCUT2D eigenvalue weighted by Crippen LogP contribution is -2.50. The number of methoxy groups -OCH3 is 1. The summed E-state index contributed by atoms with van der Waals surface area (Å²) in [7, 11) is -0.677. The molecule has 1 aliphatic rings. The molecule has 0 aromatic rings. The number of hydrogen-bond acceptors (Lipinski definition) is 5. The second kappa shape index (κ2) is 7.05. The molecule has 1 rings (SSSR count). The number of ether oxygens (including phenoxy) is 3. The highest BCUT2D eigenvalue weighted by atomic mass is 28.4. The van der Waals surface area contributed by atoms with E-state index in [-0.39, 0.29) is 11.1 Å². The predicted octanol–water partition coefficient (Wildman–Crippen LogP) is 3.65. The molecule has 3 atom stereocenters. The molecule has 0 bridgehead atoms. The monoisotopic (exact) mass is 344 g/mol. The maximum Gasteiger partial charge on any atom is 0.337 e. The molecule has 1 heterocycles. The zero-order chi connectivity index (χ0) is 18.1. The molecule has 0 aliphatic carbocycles. The maximum atomic E-state index is 12.1. The molecule has 1 aliphatic heterocycles. The van der Waals surface area contributed by atoms with Crippen LogP contribution in [0.15, 0.2) is 12.7 Å². The van der Waals surface area contributed by atoms with Crippen molar-refractivity contribution in [3.8, 4) is 0 Å². The van der Waals surface area contributed by atoms with Gasteiger partial charge in [-0.2, -0.15) is 0 Å². The Hall–Kier alpha value is -0.693. The van der Waals surface area contributed by atoms with E-state index in [4.69, 9.17) is 18.6 Å². The molecule has 0 aromatic carbocycles. The molecule has 0 aromatic heterocycles. The number of carbonyl (C=O) groups excluding carboxylic acids is 1. The molecule has 0 radical (unpaired) electrons. The van der Waals surface area contributed by atoms with Crippen LogP contribution in [0.1, 0.15) is 41.0 Å². The van der Waals surface area contributed by atoms with Crippen molar-refractivity contribution in [3.63, 3.8) is 0 Å². The van der Waals surface area contributed by atoms with Crippen molar-refractivity contribution in [2.75, 3.05) is 7.11 Å². The van der Waals surface area contributed by atoms with E-state index in [1.54, 1.807) is 19.9 Å². The number of esters is 1. The highest BCUT2D eigenvalue weighted by molar-refractivity contribution is 6.74. The van der Waals surface area contributed by atoms with Gasteiger partial charge >= 0.3 is 5.97 Å². The van der Waals surface area contributed by atoms with Crippen molar-refractivity contribution < 1.29 is 23.4 Å². The molecular formula is C17H32O5Si. The maximum absolute atomic E-state index is 12.1. The fourth-order valence-corrected chi connectivity index (χ4v) is 3.67. The van der Waals surface area contributed by atoms with Crippen molar-refractivity contribution >= 4 is 14.3 Å². The third-order valence-electron chi connectivity index (χ3n) is 4.58. The van der Waals surface area contributed by atoms with Gasteiger partial charge in [-0.3, -0.25) is 0 Å². The van der Waals surface area contributed by atoms with E-state index in [1.807, 2.05) is 0 Å². The summed E-state index contributed by atoms with van der Waals surface area (Å²) in [5, 5.41) is 0.0577. The second-order valence-electron chi connectivity index (χ2n) is 7.98. The lowest BCUT2D eigenvalue weighted by atomic mass is 10.1. The molecule has 0 unspecified atom stereocenters. The van der Waals surface area contributed by atoms with Crippen LogP contribution in [0.5, 0.6) is 0 Å². The molecule has 23 heavy (non-hydrogen) atoms. The largest absolute Gasteiger partial charge is 0.467 e. The summed E-state index contributed by atoms with van der Waals surface area (Å²) in [5.41, 5.74) is 0. The van der Waals surface area contributed by atoms with Gasteiger partial charge in [-0.15, -0.1) is 6.58 Å². The molecular weight excluding hydrogens is 312 g/mol. The molecule has 5 nitrogen and oxygen atoms in total. The van der Waals surface area contributed by atoms with Crippen LogP contribution in [0, 0.1) is 0 Å². The third-order valence-corrected chi connectivity index (χ3v) is 9.08. The zero-order valence-corrected chi connectivity index (χ0v) is 16.8. The van der Waals surface area contributed by atoms with Crippen molar-refractivity contribution in [2.45, 2.75) is 83.3 Å². The smallest absolute Gasteiger partial charge is 0.337 e. The fourth-order valence-electron chi connectivity index (χ4n) is 2.33. The fraction of sp³-hybridized carbons (Fsp3) is 0.824. The minimum Gasteiger partial charge on any atom is -0.467 e. The Morgan fingerprint density at radius 2 is 1.91 bits per heavy atom. The topological polar surface area (TPSA) is 54.0 Å². The molecule has 1 fully saturated rings. The van der Waals surface area contributed by atoms with Crippen LogP contribution in [0.4, 0.5) is 0 Å². The highest BCUT2D eigenvalue weighted by Gasteiger charge is 2.51. The summed E-state index contributed by atoms with van der Waals surface area (Å²) in [5.74, 6) is -1.28. The molecule has 0 saturated carbocycles. The first-order valence-corrected chi connectivity index (χ1v) is 11.0. The van der Waals surface area contributed by atoms with E-state index in [1.165, 1.54) is 7.11 Å². The van der Waals surface area contributed by atoms with Gasteiger partial charge in [0.25, 0.3) is 0 Å². The molecule has 1 saturated heterocycles. The quantitative estimate of drug-likeness (QED) is 0.418. The Labute approximate surface area is 141 Å². The van der Waals surface area contributed by atoms with Crippen LogP contribution in [0.3, 0.4) is 0 Å². The average Bonchev–Trinajstić information content (AvgIpc) is 2.72. The summed E-state index contributed by atoms with van der Waals surface area (Å²) >= 11 is 0. The number of carbonyl (C=O) groups is 1. The molecule has 0 N–H and O–H groups in total. The zero-order valence-electron chi connectivity index (χ0n) is 15.8. The average molecular weight is 345 g/mol. The first-order valence-electron chi connectivity index (χ1n) is 8.07. The summed E-state index contributed by atoms with van der Waals surface area (Å²) < 4.78 is 23.1. The SMILES string of the molecule is C=CC[C@H](O[Si](C)(C)C(C)(C)C)[C@@H]1OC(C)(C)O[C@@H]1C(=O)OC. The van der Waals surface area contributed by atoms with Crippen LogP contribution in [-0.4, -0.2) is 45.5 Å². The van der Waals surface area contributed by atoms with Gasteiger partial charge in [0.05, 0.1) is 13.2 Å². The minimum absolute atomic E-state index is 0.0577. The number of rotatable bonds is 6. The first kappa shape index (κ1) is 20.4. The van der Waals surface area contributed by atoms with E-state index >= 15 is 0 Å². The van der Waals surface area contributed by atoms with Crippen molar-refractivity contribution in [1.82, 2.24) is 0 Å². The Morgan fingerprint density at radius 1 is 1.35 bits per heavy atom. The minimum atomic E-state index is -2.03. The van der Waals surface area contributed by atoms with Gasteiger partial charge in [-0.05, 0) is 38.4 Å². The number of hydrogen-bond donors (Lipinski definition) is 0. The Morgan fingerprint density at radius 3 is 2.35 bits per heavy atom. The van der Waals surface area contributed by atoms with Gasteiger partial charge in [0.1, 0.15) is 6.10 Å². The Balaban J connectivity index is 3.07. The summed E-state index contributed by atoms with van der Waals surface area (Å²) in [6.07, 6.45) is 0.791. The van der Waals surface area contributed by atoms with Gasteiger partial charge in [0, 0.05) is 0 Å². The second-order valence-corrected chi connectivity index (χ2v) is 12.7. The molecule has 134 valence electrons. The van der Waals surface area contributed by atoms with Crippen LogP contribution in [0.2, 0.25) is 18.1 Å². The van der Waals surface area contributed by atoms with E-state index in [0.717, 1.165) is 0 Å². The van der Waals surface area contributed by atoms with Crippen LogP contribution in [-0.2, 0) is 23.4 Å². The standard InChI is InChI=1S/C17H32O5Si/c1-10-11-12(22-23(8,9)16(2,3)4)13-14(15(18)19-7)21-17(5,6)20-13/h10,12-14H,1,11H2,2-9H3/t12-,13-,14-/m0/s1. The third kappa shape index (κ3) is 4.89. The summed E-state index contributed by atoms with van der Waals surface area (Å²) in [6, 6.07) is 0. The summed E-state index contributed by atoms with van der Waals surface area (Å²) in [6.45, 7) is 18.3. The Kier molecular flexibility index (Phi) is 6.24. The Bertz CT molecular complexity index is 439. The predicted molar refractivity (Wildman–Crippen MR) is 92.7 cm³/mol. The molecule has 0 spiro atoms. The normalized spacial score (nSPS) is 25.9. The van der Waals surface area contributed by atoms with Gasteiger partial charge in [0.2, 0.25) is 0 Å². The first-order chi connectivity index (χ1) is 10.3. The van der Waals surface area contributed by atoms with Gasteiger partial charge < -0.3 is 18.6 Å². The van der Waals surface area contributed by atoms with Crippen LogP contribution < -0.4 is 0 Å². The van der Waals surface area contributed by atoms with E-state index in [0.29, 0.717) is 6.42 Å². The molecule has 6 heteroatoms. The van der Waals surface area contributed by atoms with Crippen molar-refractivity contribution in [3.05, 3.63) is 12.7 Å². The van der Waals surface area contributed by atoms with Crippen LogP contribution in [0.25, 0.3) is 0 Å². The summed E-state index contributed by atoms with van der Waals surface area (Å²) in [4.78, 5) is 12.1. The van der Waals surface area contributed by atoms with Crippen LogP contribution >= 0.6 is 0 Å². The van der Waals surface area contributed by atoms with E-state index < -0.39 is 32.3 Å². The van der Waals surface area contributed by atoms with Crippen molar-refractivity contribution in [1.29, 1.82) is 0 Å². The van der Waals surface area contributed by atoms with E-state index in [2.05, 4.69) is 40.4 Å². The van der Waals surface area contributed by atoms with Gasteiger partial charge in [-0.25, -0.2) is 4.79 Å². The highest BCUT2D eigenvalue weighted by Crippen LogP contribution is 2.40. The molecule has 0 amide bonds. The van der Waals surface area contributed by atoms with Gasteiger partial charge in [0.15, 0.2) is 20.2 Å². The lowest BCUT2D eigenvalue weighted by molar-refractivity contribution is -0.169. The van der Waals surface area contributed by atoms with Gasteiger partial charge in [-0.1, -0.05) is 26.8 Å². The van der Waals surface area contributed by atoms with E-state index in [9.17, 15) is 4.79 Å². The van der Waals surface area contributed by atoms with Crippen molar-refractivity contribution in [2.24, 2.45) is 0 Å². The lowest BCUT2D eigenvalue weighted by Gasteiger charge is -2.40.